The molecular weight excluding hydrogens is 162 g/mol. The first kappa shape index (κ1) is 8.05. The number of pyridine rings is 1. The number of hydrogen-bond acceptors (Lipinski definition) is 2. The van der Waals surface area contributed by atoms with E-state index in [1.54, 1.807) is 7.11 Å². The standard InChI is InChI=1S/C11H10NO/c1-8-6-7-9-4-3-5-10(13-2)11(9)12-8/h3,5-7H,1-2H3. The molecular formula is C11H10NO. The van der Waals surface area contributed by atoms with E-state index in [-0.39, 0.29) is 0 Å². The Labute approximate surface area is 77.2 Å². The first-order valence-electron chi connectivity index (χ1n) is 4.13. The molecule has 0 amide bonds. The number of nitrogens with zero attached hydrogens (tertiary/aromatic N) is 1. The molecule has 0 atom stereocenters. The number of ether oxygens (including phenoxy) is 1. The summed E-state index contributed by atoms with van der Waals surface area (Å²) >= 11 is 0. The van der Waals surface area contributed by atoms with E-state index >= 15 is 0 Å². The molecule has 0 unspecified atom stereocenters. The van der Waals surface area contributed by atoms with Crippen molar-refractivity contribution in [2.75, 3.05) is 7.11 Å². The molecule has 0 bridgehead atoms. The SMILES string of the molecule is COc1cc[c]c2ccc(C)nc12. The molecule has 2 nitrogen and oxygen atoms in total. The third-order valence-electron chi connectivity index (χ3n) is 1.96. The number of methoxy groups -OCH3 is 1. The zero-order valence-electron chi connectivity index (χ0n) is 7.66. The van der Waals surface area contributed by atoms with E-state index < -0.39 is 0 Å². The van der Waals surface area contributed by atoms with Crippen molar-refractivity contribution in [3.05, 3.63) is 36.0 Å². The number of aromatic nitrogens is 1. The van der Waals surface area contributed by atoms with Crippen molar-refractivity contribution in [3.63, 3.8) is 0 Å². The lowest BCUT2D eigenvalue weighted by atomic mass is 10.2. The summed E-state index contributed by atoms with van der Waals surface area (Å²) in [5.41, 5.74) is 1.87. The molecule has 0 aliphatic heterocycles. The summed E-state index contributed by atoms with van der Waals surface area (Å²) in [6, 6.07) is 10.8. The van der Waals surface area contributed by atoms with Gasteiger partial charge >= 0.3 is 0 Å². The van der Waals surface area contributed by atoms with Crippen LogP contribution in [-0.4, -0.2) is 12.1 Å². The summed E-state index contributed by atoms with van der Waals surface area (Å²) in [6.45, 7) is 1.96. The van der Waals surface area contributed by atoms with Crippen LogP contribution in [0.15, 0.2) is 24.3 Å². The fraction of sp³-hybridized carbons (Fsp3) is 0.182. The first-order chi connectivity index (χ1) is 6.31. The van der Waals surface area contributed by atoms with E-state index in [1.807, 2.05) is 31.2 Å². The fourth-order valence-electron chi connectivity index (χ4n) is 1.31. The van der Waals surface area contributed by atoms with Gasteiger partial charge in [0.1, 0.15) is 11.3 Å². The van der Waals surface area contributed by atoms with Gasteiger partial charge in [0.25, 0.3) is 0 Å². The molecule has 0 N–H and O–H groups in total. The van der Waals surface area contributed by atoms with Crippen molar-refractivity contribution in [2.45, 2.75) is 6.92 Å². The molecule has 0 fully saturated rings. The van der Waals surface area contributed by atoms with Gasteiger partial charge < -0.3 is 4.74 Å². The normalized spacial score (nSPS) is 10.3. The quantitative estimate of drug-likeness (QED) is 0.658. The molecule has 1 aromatic heterocycles. The van der Waals surface area contributed by atoms with Crippen molar-refractivity contribution < 1.29 is 4.74 Å². The molecule has 2 aromatic rings. The van der Waals surface area contributed by atoms with Crippen molar-refractivity contribution in [3.8, 4) is 5.75 Å². The number of aryl methyl sites for hydroxylation is 1. The van der Waals surface area contributed by atoms with Crippen LogP contribution in [0.2, 0.25) is 0 Å². The highest BCUT2D eigenvalue weighted by Gasteiger charge is 2.01. The van der Waals surface area contributed by atoms with Gasteiger partial charge in [-0.1, -0.05) is 6.07 Å². The maximum Gasteiger partial charge on any atom is 0.145 e. The zero-order chi connectivity index (χ0) is 9.26. The zero-order valence-corrected chi connectivity index (χ0v) is 7.66. The molecule has 1 aromatic carbocycles. The van der Waals surface area contributed by atoms with E-state index in [4.69, 9.17) is 4.74 Å². The molecule has 65 valence electrons. The fourth-order valence-corrected chi connectivity index (χ4v) is 1.31. The highest BCUT2D eigenvalue weighted by Crippen LogP contribution is 2.22. The molecule has 2 rings (SSSR count). The molecule has 0 aliphatic rings. The lowest BCUT2D eigenvalue weighted by Gasteiger charge is -2.03. The predicted molar refractivity (Wildman–Crippen MR) is 51.9 cm³/mol. The molecule has 13 heavy (non-hydrogen) atoms. The molecule has 0 aliphatic carbocycles. The van der Waals surface area contributed by atoms with Crippen molar-refractivity contribution in [1.29, 1.82) is 0 Å². The largest absolute Gasteiger partial charge is 0.494 e. The Balaban J connectivity index is 2.79. The Morgan fingerprint density at radius 2 is 2.15 bits per heavy atom. The third-order valence-corrected chi connectivity index (χ3v) is 1.96. The van der Waals surface area contributed by atoms with Crippen LogP contribution < -0.4 is 4.74 Å². The van der Waals surface area contributed by atoms with Crippen LogP contribution in [0.3, 0.4) is 0 Å². The van der Waals surface area contributed by atoms with Crippen LogP contribution in [-0.2, 0) is 0 Å². The average molecular weight is 172 g/mol. The Morgan fingerprint density at radius 1 is 1.31 bits per heavy atom. The molecule has 0 saturated heterocycles. The summed E-state index contributed by atoms with van der Waals surface area (Å²) < 4.78 is 5.20. The Bertz CT molecular complexity index is 437. The first-order valence-corrected chi connectivity index (χ1v) is 4.13. The number of hydrogen-bond donors (Lipinski definition) is 0. The molecule has 0 saturated carbocycles. The van der Waals surface area contributed by atoms with Crippen LogP contribution in [0.4, 0.5) is 0 Å². The summed E-state index contributed by atoms with van der Waals surface area (Å²) in [7, 11) is 1.65. The third kappa shape index (κ3) is 1.35. The second-order valence-electron chi connectivity index (χ2n) is 2.89. The second-order valence-corrected chi connectivity index (χ2v) is 2.89. The van der Waals surface area contributed by atoms with Crippen molar-refractivity contribution in [2.24, 2.45) is 0 Å². The van der Waals surface area contributed by atoms with E-state index in [2.05, 4.69) is 11.1 Å². The van der Waals surface area contributed by atoms with Gasteiger partial charge in [-0.05, 0) is 31.2 Å². The van der Waals surface area contributed by atoms with Gasteiger partial charge in [0.05, 0.1) is 7.11 Å². The van der Waals surface area contributed by atoms with Gasteiger partial charge in [-0.3, -0.25) is 0 Å². The van der Waals surface area contributed by atoms with E-state index in [9.17, 15) is 0 Å². The van der Waals surface area contributed by atoms with Gasteiger partial charge in [0.2, 0.25) is 0 Å². The minimum absolute atomic E-state index is 0.803. The van der Waals surface area contributed by atoms with Gasteiger partial charge in [0.15, 0.2) is 0 Å². The Morgan fingerprint density at radius 3 is 2.92 bits per heavy atom. The van der Waals surface area contributed by atoms with Crippen LogP contribution in [0, 0.1) is 13.0 Å². The summed E-state index contributed by atoms with van der Waals surface area (Å²) in [4.78, 5) is 4.39. The number of benzene rings is 1. The number of rotatable bonds is 1. The van der Waals surface area contributed by atoms with Crippen molar-refractivity contribution >= 4 is 10.9 Å². The maximum absolute atomic E-state index is 5.20. The van der Waals surface area contributed by atoms with Gasteiger partial charge in [-0.25, -0.2) is 4.98 Å². The smallest absolute Gasteiger partial charge is 0.145 e. The Hall–Kier alpha value is -1.57. The van der Waals surface area contributed by atoms with Crippen molar-refractivity contribution in [1.82, 2.24) is 4.98 Å². The molecule has 0 spiro atoms. The topological polar surface area (TPSA) is 22.1 Å². The minimum Gasteiger partial charge on any atom is -0.494 e. The molecule has 2 heteroatoms. The van der Waals surface area contributed by atoms with E-state index in [0.29, 0.717) is 0 Å². The highest BCUT2D eigenvalue weighted by atomic mass is 16.5. The lowest BCUT2D eigenvalue weighted by Crippen LogP contribution is -1.88. The maximum atomic E-state index is 5.20. The highest BCUT2D eigenvalue weighted by molar-refractivity contribution is 5.83. The van der Waals surface area contributed by atoms with Gasteiger partial charge in [-0.15, -0.1) is 0 Å². The number of fused-ring (bicyclic) bond motifs is 1. The molecule has 1 heterocycles. The predicted octanol–water partition coefficient (Wildman–Crippen LogP) is 2.35. The summed E-state index contributed by atoms with van der Waals surface area (Å²) in [6.07, 6.45) is 0. The average Bonchev–Trinajstić information content (AvgIpc) is 2.17. The van der Waals surface area contributed by atoms with Gasteiger partial charge in [0, 0.05) is 11.1 Å². The van der Waals surface area contributed by atoms with Crippen LogP contribution in [0.25, 0.3) is 10.9 Å². The lowest BCUT2D eigenvalue weighted by molar-refractivity contribution is 0.419. The second kappa shape index (κ2) is 3.05. The van der Waals surface area contributed by atoms with Crippen LogP contribution >= 0.6 is 0 Å². The van der Waals surface area contributed by atoms with Crippen LogP contribution in [0.1, 0.15) is 5.69 Å². The summed E-state index contributed by atoms with van der Waals surface area (Å²) in [5, 5.41) is 0.991. The monoisotopic (exact) mass is 172 g/mol. The summed E-state index contributed by atoms with van der Waals surface area (Å²) in [5.74, 6) is 0.803. The van der Waals surface area contributed by atoms with E-state index in [0.717, 1.165) is 22.3 Å². The van der Waals surface area contributed by atoms with Gasteiger partial charge in [-0.2, -0.15) is 0 Å². The van der Waals surface area contributed by atoms with Crippen LogP contribution in [0.5, 0.6) is 5.75 Å². The van der Waals surface area contributed by atoms with E-state index in [1.165, 1.54) is 0 Å². The Kier molecular flexibility index (Phi) is 1.89. The molecule has 1 radical (unpaired) electrons. The minimum atomic E-state index is 0.803.